The number of carbonyl (C=O) groups excluding carboxylic acids is 2. The predicted molar refractivity (Wildman–Crippen MR) is 130 cm³/mol. The topological polar surface area (TPSA) is 58.2 Å². The molecule has 31 heavy (non-hydrogen) atoms. The van der Waals surface area contributed by atoms with E-state index < -0.39 is 0 Å². The van der Waals surface area contributed by atoms with Gasteiger partial charge in [-0.2, -0.15) is 0 Å². The van der Waals surface area contributed by atoms with Crippen LogP contribution in [0.3, 0.4) is 0 Å². The third-order valence-corrected chi connectivity index (χ3v) is 6.31. The van der Waals surface area contributed by atoms with E-state index in [1.165, 1.54) is 11.8 Å². The molecule has 0 heterocycles. The van der Waals surface area contributed by atoms with E-state index in [0.717, 1.165) is 10.5 Å². The summed E-state index contributed by atoms with van der Waals surface area (Å²) < 4.78 is 0. The summed E-state index contributed by atoms with van der Waals surface area (Å²) in [7, 11) is 0. The van der Waals surface area contributed by atoms with Gasteiger partial charge in [0.25, 0.3) is 0 Å². The number of hydrogen-bond donors (Lipinski definition) is 2. The zero-order valence-electron chi connectivity index (χ0n) is 16.9. The van der Waals surface area contributed by atoms with Crippen LogP contribution in [0.15, 0.2) is 77.7 Å². The molecule has 0 aromatic heterocycles. The summed E-state index contributed by atoms with van der Waals surface area (Å²) in [5.41, 5.74) is 2.28. The van der Waals surface area contributed by atoms with Gasteiger partial charge in [-0.15, -0.1) is 11.8 Å². The minimum Gasteiger partial charge on any atom is -0.326 e. The summed E-state index contributed by atoms with van der Waals surface area (Å²) in [6.45, 7) is 1.97. The molecule has 0 fully saturated rings. The Kier molecular flexibility index (Phi) is 8.41. The monoisotopic (exact) mass is 472 g/mol. The van der Waals surface area contributed by atoms with Crippen LogP contribution < -0.4 is 10.6 Å². The highest BCUT2D eigenvalue weighted by molar-refractivity contribution is 8.00. The number of amides is 2. The van der Waals surface area contributed by atoms with Gasteiger partial charge < -0.3 is 10.6 Å². The second-order valence-electron chi connectivity index (χ2n) is 6.89. The largest absolute Gasteiger partial charge is 0.326 e. The maximum absolute atomic E-state index is 12.7. The number of benzene rings is 3. The Balaban J connectivity index is 1.60. The second-order valence-corrected chi connectivity index (χ2v) is 9.04. The Morgan fingerprint density at radius 1 is 0.871 bits per heavy atom. The van der Waals surface area contributed by atoms with E-state index in [9.17, 15) is 9.59 Å². The Bertz CT molecular complexity index is 1040. The predicted octanol–water partition coefficient (Wildman–Crippen LogP) is 6.68. The molecule has 0 saturated carbocycles. The van der Waals surface area contributed by atoms with Crippen LogP contribution in [-0.4, -0.2) is 17.1 Å². The molecule has 7 heteroatoms. The van der Waals surface area contributed by atoms with Crippen molar-refractivity contribution in [1.29, 1.82) is 0 Å². The lowest BCUT2D eigenvalue weighted by Gasteiger charge is -2.15. The number of hydrogen-bond acceptors (Lipinski definition) is 3. The van der Waals surface area contributed by atoms with Gasteiger partial charge in [0.1, 0.15) is 0 Å². The summed E-state index contributed by atoms with van der Waals surface area (Å²) in [5, 5.41) is 6.82. The summed E-state index contributed by atoms with van der Waals surface area (Å²) in [6.07, 6.45) is 0.923. The highest BCUT2D eigenvalue weighted by Crippen LogP contribution is 2.29. The van der Waals surface area contributed by atoms with Crippen molar-refractivity contribution < 1.29 is 9.59 Å². The summed E-state index contributed by atoms with van der Waals surface area (Å²) in [4.78, 5) is 26.0. The van der Waals surface area contributed by atoms with Crippen LogP contribution in [0.25, 0.3) is 0 Å². The Morgan fingerprint density at radius 2 is 1.52 bits per heavy atom. The first-order valence-electron chi connectivity index (χ1n) is 9.80. The van der Waals surface area contributed by atoms with Crippen LogP contribution in [0, 0.1) is 0 Å². The van der Waals surface area contributed by atoms with Crippen LogP contribution in [-0.2, 0) is 16.0 Å². The van der Waals surface area contributed by atoms with Crippen molar-refractivity contribution >= 4 is 58.2 Å². The maximum Gasteiger partial charge on any atom is 0.237 e. The average molecular weight is 473 g/mol. The molecule has 0 radical (unpaired) electrons. The van der Waals surface area contributed by atoms with Gasteiger partial charge in [0.2, 0.25) is 11.8 Å². The van der Waals surface area contributed by atoms with Gasteiger partial charge in [-0.25, -0.2) is 0 Å². The lowest BCUT2D eigenvalue weighted by atomic mass is 10.1. The standard InChI is InChI=1S/C24H22Cl2N2O2S/c1-2-22(24(30)28-19-12-10-18(26)11-13-19)31-21-5-3-4-20(15-21)27-23(29)14-16-6-8-17(25)9-7-16/h3-13,15,22H,2,14H2,1H3,(H,27,29)(H,28,30). The van der Waals surface area contributed by atoms with E-state index in [4.69, 9.17) is 23.2 Å². The normalized spacial score (nSPS) is 11.6. The second kappa shape index (κ2) is 11.2. The number of thioether (sulfide) groups is 1. The third kappa shape index (κ3) is 7.31. The molecule has 0 aliphatic carbocycles. The molecule has 2 N–H and O–H groups in total. The van der Waals surface area contributed by atoms with Gasteiger partial charge in [0, 0.05) is 26.3 Å². The van der Waals surface area contributed by atoms with E-state index in [2.05, 4.69) is 10.6 Å². The SMILES string of the molecule is CCC(Sc1cccc(NC(=O)Cc2ccc(Cl)cc2)c1)C(=O)Nc1ccc(Cl)cc1. The van der Waals surface area contributed by atoms with Gasteiger partial charge >= 0.3 is 0 Å². The Labute approximate surface area is 196 Å². The van der Waals surface area contributed by atoms with Crippen molar-refractivity contribution in [3.8, 4) is 0 Å². The van der Waals surface area contributed by atoms with E-state index in [-0.39, 0.29) is 23.5 Å². The van der Waals surface area contributed by atoms with Crippen molar-refractivity contribution in [3.05, 3.63) is 88.4 Å². The number of rotatable bonds is 8. The minimum absolute atomic E-state index is 0.0769. The van der Waals surface area contributed by atoms with Crippen molar-refractivity contribution in [2.75, 3.05) is 10.6 Å². The molecule has 0 spiro atoms. The summed E-state index contributed by atoms with van der Waals surface area (Å²) in [5.74, 6) is -0.191. The lowest BCUT2D eigenvalue weighted by Crippen LogP contribution is -2.24. The smallest absolute Gasteiger partial charge is 0.237 e. The molecule has 160 valence electrons. The highest BCUT2D eigenvalue weighted by Gasteiger charge is 2.18. The Hall–Kier alpha value is -2.47. The lowest BCUT2D eigenvalue weighted by molar-refractivity contribution is -0.116. The minimum atomic E-state index is -0.268. The highest BCUT2D eigenvalue weighted by atomic mass is 35.5. The zero-order valence-corrected chi connectivity index (χ0v) is 19.2. The zero-order chi connectivity index (χ0) is 22.2. The fourth-order valence-corrected chi connectivity index (χ4v) is 4.15. The summed E-state index contributed by atoms with van der Waals surface area (Å²) >= 11 is 13.2. The molecule has 4 nitrogen and oxygen atoms in total. The van der Waals surface area contributed by atoms with Gasteiger partial charge in [-0.1, -0.05) is 48.3 Å². The molecule has 0 aliphatic rings. The first-order valence-corrected chi connectivity index (χ1v) is 11.4. The first-order chi connectivity index (χ1) is 14.9. The van der Waals surface area contributed by atoms with Gasteiger partial charge in [-0.05, 0) is 66.6 Å². The number of nitrogens with one attached hydrogen (secondary N) is 2. The molecule has 3 aromatic carbocycles. The molecule has 0 saturated heterocycles. The molecular weight excluding hydrogens is 451 g/mol. The number of carbonyl (C=O) groups is 2. The first kappa shape index (κ1) is 23.2. The van der Waals surface area contributed by atoms with Crippen molar-refractivity contribution in [3.63, 3.8) is 0 Å². The molecule has 0 bridgehead atoms. The third-order valence-electron chi connectivity index (χ3n) is 4.45. The summed E-state index contributed by atoms with van der Waals surface area (Å²) in [6, 6.07) is 21.7. The van der Waals surface area contributed by atoms with E-state index in [1.54, 1.807) is 36.4 Å². The van der Waals surface area contributed by atoms with Gasteiger partial charge in [0.05, 0.1) is 11.7 Å². The molecule has 0 aliphatic heterocycles. The van der Waals surface area contributed by atoms with Crippen LogP contribution in [0.5, 0.6) is 0 Å². The molecule has 3 rings (SSSR count). The quantitative estimate of drug-likeness (QED) is 0.359. The fourth-order valence-electron chi connectivity index (χ4n) is 2.88. The average Bonchev–Trinajstić information content (AvgIpc) is 2.75. The van der Waals surface area contributed by atoms with Gasteiger partial charge in [0.15, 0.2) is 0 Å². The molecule has 3 aromatic rings. The van der Waals surface area contributed by atoms with Crippen LogP contribution in [0.4, 0.5) is 11.4 Å². The van der Waals surface area contributed by atoms with E-state index in [0.29, 0.717) is 27.8 Å². The number of halogens is 2. The molecule has 1 atom stereocenters. The van der Waals surface area contributed by atoms with Crippen molar-refractivity contribution in [2.45, 2.75) is 29.9 Å². The van der Waals surface area contributed by atoms with Crippen LogP contribution in [0.2, 0.25) is 10.0 Å². The van der Waals surface area contributed by atoms with Crippen molar-refractivity contribution in [2.24, 2.45) is 0 Å². The van der Waals surface area contributed by atoms with Crippen LogP contribution in [0.1, 0.15) is 18.9 Å². The molecule has 2 amide bonds. The number of anilines is 2. The van der Waals surface area contributed by atoms with Crippen molar-refractivity contribution in [1.82, 2.24) is 0 Å². The molecular formula is C24H22Cl2N2O2S. The Morgan fingerprint density at radius 3 is 2.16 bits per heavy atom. The molecule has 1 unspecified atom stereocenters. The van der Waals surface area contributed by atoms with E-state index >= 15 is 0 Å². The van der Waals surface area contributed by atoms with Gasteiger partial charge in [-0.3, -0.25) is 9.59 Å². The van der Waals surface area contributed by atoms with E-state index in [1.807, 2.05) is 43.3 Å². The maximum atomic E-state index is 12.7. The fraction of sp³-hybridized carbons (Fsp3) is 0.167. The van der Waals surface area contributed by atoms with Crippen LogP contribution >= 0.6 is 35.0 Å².